The van der Waals surface area contributed by atoms with Gasteiger partial charge >= 0.3 is 11.9 Å². The average molecular weight is 352 g/mol. The zero-order valence-electron chi connectivity index (χ0n) is 14.1. The molecule has 0 aromatic rings. The number of carbonyl (C=O) groups is 2. The third-order valence-electron chi connectivity index (χ3n) is 2.81. The van der Waals surface area contributed by atoms with E-state index in [1.54, 1.807) is 0 Å². The minimum Gasteiger partial charge on any atom is -0.466 e. The molecule has 0 spiro atoms. The molecule has 0 N–H and O–H groups in total. The Morgan fingerprint density at radius 1 is 0.870 bits per heavy atom. The normalized spacial score (nSPS) is 11.9. The van der Waals surface area contributed by atoms with Crippen LogP contribution in [0.15, 0.2) is 0 Å². The van der Waals surface area contributed by atoms with Gasteiger partial charge in [-0.05, 0) is 38.5 Å². The molecule has 0 aliphatic carbocycles. The molecular weight excluding hydrogens is 323 g/mol. The largest absolute Gasteiger partial charge is 0.466 e. The van der Waals surface area contributed by atoms with Crippen molar-refractivity contribution in [3.63, 3.8) is 0 Å². The second kappa shape index (κ2) is 16.0. The van der Waals surface area contributed by atoms with Gasteiger partial charge in [-0.15, -0.1) is 0 Å². The molecule has 7 nitrogen and oxygen atoms in total. The summed E-state index contributed by atoms with van der Waals surface area (Å²) in [6.07, 6.45) is 4.99. The zero-order chi connectivity index (χ0) is 17.3. The number of esters is 1. The molecule has 0 bridgehead atoms. The maximum Gasteiger partial charge on any atom is 0.342 e. The third-order valence-corrected chi connectivity index (χ3v) is 3.42. The smallest absolute Gasteiger partial charge is 0.342 e. The maximum absolute atomic E-state index is 11.4. The van der Waals surface area contributed by atoms with Gasteiger partial charge < -0.3 is 9.26 Å². The quantitative estimate of drug-likeness (QED) is 0.147. The molecule has 1 unspecified atom stereocenters. The number of unbranched alkanes of at least 4 members (excludes halogenated alkanes) is 3. The standard InChI is InChI=1S/C15H29O7P/c1-3-11-20-22-15(17)10-5-4-7-12-19-14(16)9-6-8-13-21-23(2)18/h23H,3-13H2,1-2H3. The average Bonchev–Trinajstić information content (AvgIpc) is 2.50. The summed E-state index contributed by atoms with van der Waals surface area (Å²) in [6.45, 7) is 4.65. The first-order chi connectivity index (χ1) is 11.1. The lowest BCUT2D eigenvalue weighted by Gasteiger charge is -2.05. The summed E-state index contributed by atoms with van der Waals surface area (Å²) < 4.78 is 20.7. The van der Waals surface area contributed by atoms with Crippen molar-refractivity contribution in [2.45, 2.75) is 58.3 Å². The van der Waals surface area contributed by atoms with E-state index in [4.69, 9.17) is 9.26 Å². The summed E-state index contributed by atoms with van der Waals surface area (Å²) in [6, 6.07) is 0. The van der Waals surface area contributed by atoms with Crippen LogP contribution in [0.5, 0.6) is 0 Å². The number of rotatable bonds is 15. The lowest BCUT2D eigenvalue weighted by molar-refractivity contribution is -0.272. The summed E-state index contributed by atoms with van der Waals surface area (Å²) >= 11 is 0. The third kappa shape index (κ3) is 17.3. The fraction of sp³-hybridized carbons (Fsp3) is 0.867. The molecule has 0 saturated carbocycles. The second-order valence-corrected chi connectivity index (χ2v) is 6.38. The van der Waals surface area contributed by atoms with Crippen molar-refractivity contribution in [2.24, 2.45) is 0 Å². The number of carbonyl (C=O) groups excluding carboxylic acids is 2. The van der Waals surface area contributed by atoms with Crippen LogP contribution in [0.3, 0.4) is 0 Å². The zero-order valence-corrected chi connectivity index (χ0v) is 15.1. The molecule has 0 fully saturated rings. The second-order valence-electron chi connectivity index (χ2n) is 5.11. The van der Waals surface area contributed by atoms with Crippen molar-refractivity contribution < 1.29 is 33.2 Å². The fourth-order valence-corrected chi connectivity index (χ4v) is 2.06. The van der Waals surface area contributed by atoms with Crippen molar-refractivity contribution in [1.82, 2.24) is 0 Å². The molecule has 0 heterocycles. The minimum atomic E-state index is -1.88. The van der Waals surface area contributed by atoms with Crippen molar-refractivity contribution >= 4 is 20.0 Å². The number of hydrogen-bond donors (Lipinski definition) is 0. The van der Waals surface area contributed by atoms with Crippen molar-refractivity contribution in [1.29, 1.82) is 0 Å². The Balaban J connectivity index is 3.32. The lowest BCUT2D eigenvalue weighted by Crippen LogP contribution is -2.07. The Kier molecular flexibility index (Phi) is 15.3. The Hall–Kier alpha value is -0.910. The predicted molar refractivity (Wildman–Crippen MR) is 86.5 cm³/mol. The molecule has 0 saturated heterocycles. The SMILES string of the molecule is CCCOOC(=O)CCCCCOC(=O)CCCCO[PH](C)=O. The highest BCUT2D eigenvalue weighted by molar-refractivity contribution is 7.38. The molecule has 0 amide bonds. The summed E-state index contributed by atoms with van der Waals surface area (Å²) in [4.78, 5) is 31.9. The predicted octanol–water partition coefficient (Wildman–Crippen LogP) is 3.27. The first-order valence-electron chi connectivity index (χ1n) is 8.17. The van der Waals surface area contributed by atoms with Gasteiger partial charge in [0, 0.05) is 19.5 Å². The van der Waals surface area contributed by atoms with Crippen LogP contribution in [0.4, 0.5) is 0 Å². The van der Waals surface area contributed by atoms with Gasteiger partial charge in [-0.2, -0.15) is 4.89 Å². The van der Waals surface area contributed by atoms with Crippen LogP contribution in [-0.2, 0) is 33.2 Å². The molecule has 8 heteroatoms. The van der Waals surface area contributed by atoms with E-state index in [2.05, 4.69) is 9.78 Å². The number of ether oxygens (including phenoxy) is 1. The van der Waals surface area contributed by atoms with Crippen LogP contribution < -0.4 is 0 Å². The van der Waals surface area contributed by atoms with Gasteiger partial charge in [0.15, 0.2) is 8.03 Å². The topological polar surface area (TPSA) is 88.1 Å². The highest BCUT2D eigenvalue weighted by Gasteiger charge is 2.05. The van der Waals surface area contributed by atoms with Crippen LogP contribution in [0.25, 0.3) is 0 Å². The summed E-state index contributed by atoms with van der Waals surface area (Å²) in [5.74, 6) is -0.603. The van der Waals surface area contributed by atoms with Gasteiger partial charge in [0.25, 0.3) is 0 Å². The molecular formula is C15H29O7P. The Morgan fingerprint density at radius 2 is 1.52 bits per heavy atom. The molecule has 0 aliphatic heterocycles. The van der Waals surface area contributed by atoms with Crippen LogP contribution in [-0.4, -0.2) is 38.4 Å². The highest BCUT2D eigenvalue weighted by atomic mass is 31.1. The van der Waals surface area contributed by atoms with E-state index in [9.17, 15) is 14.2 Å². The number of hydrogen-bond acceptors (Lipinski definition) is 7. The molecule has 0 aromatic carbocycles. The van der Waals surface area contributed by atoms with Gasteiger partial charge in [-0.25, -0.2) is 4.79 Å². The summed E-state index contributed by atoms with van der Waals surface area (Å²) in [7, 11) is -1.88. The van der Waals surface area contributed by atoms with Crippen LogP contribution in [0, 0.1) is 0 Å². The van der Waals surface area contributed by atoms with Gasteiger partial charge in [0.05, 0.1) is 19.8 Å². The Morgan fingerprint density at radius 3 is 2.22 bits per heavy atom. The Labute approximate surface area is 138 Å². The Bertz CT molecular complexity index is 347. The van der Waals surface area contributed by atoms with Gasteiger partial charge in [0.2, 0.25) is 0 Å². The van der Waals surface area contributed by atoms with Crippen molar-refractivity contribution in [3.05, 3.63) is 0 Å². The van der Waals surface area contributed by atoms with Crippen molar-refractivity contribution in [3.8, 4) is 0 Å². The van der Waals surface area contributed by atoms with E-state index in [-0.39, 0.29) is 11.9 Å². The van der Waals surface area contributed by atoms with Gasteiger partial charge in [-0.3, -0.25) is 14.2 Å². The molecule has 136 valence electrons. The summed E-state index contributed by atoms with van der Waals surface area (Å²) in [5.41, 5.74) is 0. The molecule has 0 aromatic heterocycles. The molecule has 1 atom stereocenters. The van der Waals surface area contributed by atoms with Crippen LogP contribution in [0.2, 0.25) is 0 Å². The van der Waals surface area contributed by atoms with E-state index < -0.39 is 8.03 Å². The van der Waals surface area contributed by atoms with E-state index >= 15 is 0 Å². The molecule has 0 rings (SSSR count). The first kappa shape index (κ1) is 22.1. The first-order valence-corrected chi connectivity index (χ1v) is 9.99. The van der Waals surface area contributed by atoms with E-state index in [0.717, 1.165) is 19.3 Å². The minimum absolute atomic E-state index is 0.235. The summed E-state index contributed by atoms with van der Waals surface area (Å²) in [5, 5.41) is 0. The van der Waals surface area contributed by atoms with Gasteiger partial charge in [-0.1, -0.05) is 6.92 Å². The van der Waals surface area contributed by atoms with Crippen LogP contribution in [0.1, 0.15) is 58.3 Å². The fourth-order valence-electron chi connectivity index (χ4n) is 1.63. The van der Waals surface area contributed by atoms with Crippen molar-refractivity contribution in [2.75, 3.05) is 26.5 Å². The van der Waals surface area contributed by atoms with Gasteiger partial charge in [0.1, 0.15) is 0 Å². The lowest BCUT2D eigenvalue weighted by atomic mass is 10.2. The highest BCUT2D eigenvalue weighted by Crippen LogP contribution is 2.15. The molecule has 0 aliphatic rings. The van der Waals surface area contributed by atoms with E-state index in [1.807, 2.05) is 6.92 Å². The van der Waals surface area contributed by atoms with Crippen LogP contribution >= 0.6 is 8.03 Å². The maximum atomic E-state index is 11.4. The molecule has 23 heavy (non-hydrogen) atoms. The van der Waals surface area contributed by atoms with E-state index in [0.29, 0.717) is 51.9 Å². The monoisotopic (exact) mass is 352 g/mol. The van der Waals surface area contributed by atoms with E-state index in [1.165, 1.54) is 6.66 Å². The molecule has 0 radical (unpaired) electrons.